The van der Waals surface area contributed by atoms with Gasteiger partial charge in [0.2, 0.25) is 0 Å². The van der Waals surface area contributed by atoms with Crippen LogP contribution in [0.1, 0.15) is 60.5 Å². The molecule has 0 saturated heterocycles. The summed E-state index contributed by atoms with van der Waals surface area (Å²) in [7, 11) is 0. The van der Waals surface area contributed by atoms with Gasteiger partial charge in [0, 0.05) is 13.1 Å². The van der Waals surface area contributed by atoms with Crippen LogP contribution in [0.5, 0.6) is 0 Å². The lowest BCUT2D eigenvalue weighted by atomic mass is 9.98. The fourth-order valence-corrected chi connectivity index (χ4v) is 4.53. The molecule has 4 aromatic carbocycles. The maximum atomic E-state index is 12.7. The molecule has 0 aliphatic rings. The summed E-state index contributed by atoms with van der Waals surface area (Å²) in [6, 6.07) is 30.8. The Morgan fingerprint density at radius 3 is 1.93 bits per heavy atom. The van der Waals surface area contributed by atoms with Gasteiger partial charge in [0.25, 0.3) is 5.91 Å². The Labute approximate surface area is 239 Å². The summed E-state index contributed by atoms with van der Waals surface area (Å²) >= 11 is 0. The minimum absolute atomic E-state index is 0.0187. The Morgan fingerprint density at radius 2 is 1.29 bits per heavy atom. The lowest BCUT2D eigenvalue weighted by molar-refractivity contribution is -0.253. The minimum atomic E-state index is -1.14. The summed E-state index contributed by atoms with van der Waals surface area (Å²) in [6.07, 6.45) is 1.93. The van der Waals surface area contributed by atoms with Gasteiger partial charge in [0.15, 0.2) is 0 Å². The highest BCUT2D eigenvalue weighted by molar-refractivity contribution is 6.04. The molecule has 8 heteroatoms. The second-order valence-electron chi connectivity index (χ2n) is 9.68. The van der Waals surface area contributed by atoms with Gasteiger partial charge in [0.05, 0.1) is 17.7 Å². The van der Waals surface area contributed by atoms with Crippen molar-refractivity contribution in [1.29, 1.82) is 0 Å². The highest BCUT2D eigenvalue weighted by Crippen LogP contribution is 2.18. The molecule has 0 aliphatic carbocycles. The summed E-state index contributed by atoms with van der Waals surface area (Å²) < 4.78 is 0. The molecule has 0 aliphatic heterocycles. The van der Waals surface area contributed by atoms with Crippen molar-refractivity contribution in [2.24, 2.45) is 0 Å². The van der Waals surface area contributed by atoms with Gasteiger partial charge in [-0.3, -0.25) is 14.9 Å². The lowest BCUT2D eigenvalue weighted by Gasteiger charge is -2.12. The fraction of sp³-hybridized carbons (Fsp3) is 0.212. The van der Waals surface area contributed by atoms with Crippen LogP contribution >= 0.6 is 0 Å². The van der Waals surface area contributed by atoms with Crippen LogP contribution < -0.4 is 10.8 Å². The zero-order chi connectivity index (χ0) is 28.9. The van der Waals surface area contributed by atoms with Crippen LogP contribution in [-0.4, -0.2) is 35.3 Å². The SMILES string of the molecule is O=C(O)c1cc(Cc2ccccc2)ccc1C(=O)NCCCNOCc1ccc(Cc2ccccc2)cc1COO. The number of nitrogens with one attached hydrogen (secondary N) is 2. The second-order valence-corrected chi connectivity index (χ2v) is 9.68. The van der Waals surface area contributed by atoms with E-state index in [1.807, 2.05) is 66.7 Å². The van der Waals surface area contributed by atoms with Crippen LogP contribution in [0, 0.1) is 0 Å². The molecule has 0 saturated carbocycles. The van der Waals surface area contributed by atoms with Crippen LogP contribution in [0.3, 0.4) is 0 Å². The molecule has 0 unspecified atom stereocenters. The molecule has 4 N–H and O–H groups in total. The predicted octanol–water partition coefficient (Wildman–Crippen LogP) is 5.40. The fourth-order valence-electron chi connectivity index (χ4n) is 4.53. The number of hydrogen-bond acceptors (Lipinski definition) is 6. The van der Waals surface area contributed by atoms with Crippen LogP contribution in [-0.2, 0) is 35.8 Å². The monoisotopic (exact) mass is 554 g/mol. The van der Waals surface area contributed by atoms with E-state index in [-0.39, 0.29) is 24.3 Å². The van der Waals surface area contributed by atoms with E-state index >= 15 is 0 Å². The summed E-state index contributed by atoms with van der Waals surface area (Å²) in [5.41, 5.74) is 8.90. The third kappa shape index (κ3) is 9.09. The Hall–Kier alpha value is -4.34. The summed E-state index contributed by atoms with van der Waals surface area (Å²) in [6.45, 7) is 1.14. The average Bonchev–Trinajstić information content (AvgIpc) is 2.98. The van der Waals surface area contributed by atoms with E-state index in [0.29, 0.717) is 25.9 Å². The van der Waals surface area contributed by atoms with Crippen LogP contribution in [0.2, 0.25) is 0 Å². The third-order valence-electron chi connectivity index (χ3n) is 6.62. The maximum Gasteiger partial charge on any atom is 0.336 e. The molecule has 4 rings (SSSR count). The summed E-state index contributed by atoms with van der Waals surface area (Å²) in [4.78, 5) is 34.5. The quantitative estimate of drug-likeness (QED) is 0.0883. The summed E-state index contributed by atoms with van der Waals surface area (Å²) in [5, 5.41) is 21.5. The molecule has 0 heterocycles. The standard InChI is InChI=1S/C33H34N2O6/c36-32(30-15-13-27(21-31(30)33(37)38)19-25-10-5-2-6-11-25)34-16-7-17-35-40-22-28-14-12-26(20-29(28)23-41-39)18-24-8-3-1-4-9-24/h1-6,8-15,20-21,35,39H,7,16-19,22-23H2,(H,34,36)(H,37,38). The molecule has 0 atom stereocenters. The predicted molar refractivity (Wildman–Crippen MR) is 155 cm³/mol. The highest BCUT2D eigenvalue weighted by atomic mass is 17.1. The smallest absolute Gasteiger partial charge is 0.336 e. The van der Waals surface area contributed by atoms with Gasteiger partial charge in [-0.25, -0.2) is 15.2 Å². The number of hydrogen-bond donors (Lipinski definition) is 4. The van der Waals surface area contributed by atoms with Gasteiger partial charge in [-0.15, -0.1) is 0 Å². The van der Waals surface area contributed by atoms with Gasteiger partial charge in [-0.1, -0.05) is 84.9 Å². The molecule has 212 valence electrons. The van der Waals surface area contributed by atoms with E-state index < -0.39 is 11.9 Å². The zero-order valence-electron chi connectivity index (χ0n) is 22.7. The van der Waals surface area contributed by atoms with E-state index in [9.17, 15) is 14.7 Å². The second kappa shape index (κ2) is 15.4. The molecule has 0 spiro atoms. The lowest BCUT2D eigenvalue weighted by Crippen LogP contribution is -2.28. The first-order valence-corrected chi connectivity index (χ1v) is 13.5. The Balaban J connectivity index is 1.21. The Kier molecular flexibility index (Phi) is 11.2. The minimum Gasteiger partial charge on any atom is -0.478 e. The molecule has 0 fully saturated rings. The maximum absolute atomic E-state index is 12.7. The van der Waals surface area contributed by atoms with Crippen LogP contribution in [0.25, 0.3) is 0 Å². The number of amides is 1. The molecule has 1 amide bonds. The molecule has 0 aromatic heterocycles. The van der Waals surface area contributed by atoms with Crippen molar-refractivity contribution in [3.63, 3.8) is 0 Å². The van der Waals surface area contributed by atoms with E-state index in [1.54, 1.807) is 18.2 Å². The van der Waals surface area contributed by atoms with Crippen molar-refractivity contribution < 1.29 is 29.7 Å². The van der Waals surface area contributed by atoms with Gasteiger partial charge in [0.1, 0.15) is 6.61 Å². The first-order chi connectivity index (χ1) is 20.0. The molecule has 0 radical (unpaired) electrons. The summed E-state index contributed by atoms with van der Waals surface area (Å²) in [5.74, 6) is -1.57. The number of aromatic carboxylic acids is 1. The van der Waals surface area contributed by atoms with Crippen molar-refractivity contribution in [3.05, 3.63) is 142 Å². The van der Waals surface area contributed by atoms with Crippen molar-refractivity contribution >= 4 is 11.9 Å². The largest absolute Gasteiger partial charge is 0.478 e. The van der Waals surface area contributed by atoms with Crippen molar-refractivity contribution in [1.82, 2.24) is 10.8 Å². The number of benzene rings is 4. The van der Waals surface area contributed by atoms with Crippen LogP contribution in [0.4, 0.5) is 0 Å². The molecular weight excluding hydrogens is 520 g/mol. The van der Waals surface area contributed by atoms with E-state index in [1.165, 1.54) is 5.56 Å². The zero-order valence-corrected chi connectivity index (χ0v) is 22.7. The Morgan fingerprint density at radius 1 is 0.659 bits per heavy atom. The molecule has 0 bridgehead atoms. The van der Waals surface area contributed by atoms with Crippen molar-refractivity contribution in [2.75, 3.05) is 13.1 Å². The number of carbonyl (C=O) groups is 2. The first kappa shape index (κ1) is 29.6. The van der Waals surface area contributed by atoms with Crippen molar-refractivity contribution in [3.8, 4) is 0 Å². The highest BCUT2D eigenvalue weighted by Gasteiger charge is 2.17. The van der Waals surface area contributed by atoms with Gasteiger partial charge in [-0.2, -0.15) is 0 Å². The molecular formula is C33H34N2O6. The number of carboxylic acids is 1. The normalized spacial score (nSPS) is 10.9. The number of carbonyl (C=O) groups excluding carboxylic acids is 1. The van der Waals surface area contributed by atoms with E-state index in [4.69, 9.17) is 10.1 Å². The topological polar surface area (TPSA) is 117 Å². The van der Waals surface area contributed by atoms with E-state index in [2.05, 4.69) is 27.8 Å². The van der Waals surface area contributed by atoms with Crippen molar-refractivity contribution in [2.45, 2.75) is 32.5 Å². The van der Waals surface area contributed by atoms with Gasteiger partial charge < -0.3 is 10.4 Å². The molecule has 4 aromatic rings. The number of carboxylic acid groups (broad SMARTS) is 1. The third-order valence-corrected chi connectivity index (χ3v) is 6.62. The van der Waals surface area contributed by atoms with E-state index in [0.717, 1.165) is 34.2 Å². The number of hydroxylamine groups is 1. The Bertz CT molecular complexity index is 1430. The average molecular weight is 555 g/mol. The van der Waals surface area contributed by atoms with Crippen LogP contribution in [0.15, 0.2) is 97.1 Å². The first-order valence-electron chi connectivity index (χ1n) is 13.5. The molecule has 41 heavy (non-hydrogen) atoms. The number of rotatable bonds is 15. The van der Waals surface area contributed by atoms with Gasteiger partial charge >= 0.3 is 5.97 Å². The van der Waals surface area contributed by atoms with Gasteiger partial charge in [-0.05, 0) is 64.8 Å². The molecule has 8 nitrogen and oxygen atoms in total.